The van der Waals surface area contributed by atoms with Crippen molar-refractivity contribution in [1.29, 1.82) is 0 Å². The van der Waals surface area contributed by atoms with E-state index in [1.807, 2.05) is 0 Å². The van der Waals surface area contributed by atoms with E-state index in [1.165, 1.54) is 12.8 Å². The first-order chi connectivity index (χ1) is 11.5. The van der Waals surface area contributed by atoms with Gasteiger partial charge in [-0.2, -0.15) is 0 Å². The largest absolute Gasteiger partial charge is 0.368 e. The van der Waals surface area contributed by atoms with Crippen LogP contribution in [0.3, 0.4) is 0 Å². The first-order valence-corrected chi connectivity index (χ1v) is 9.02. The number of morpholine rings is 1. The number of hydrogen-bond acceptors (Lipinski definition) is 4. The normalized spacial score (nSPS) is 35.2. The Morgan fingerprint density at radius 2 is 1.96 bits per heavy atom. The van der Waals surface area contributed by atoms with Crippen LogP contribution in [0.5, 0.6) is 0 Å². The predicted molar refractivity (Wildman–Crippen MR) is 85.0 cm³/mol. The van der Waals surface area contributed by atoms with E-state index in [2.05, 4.69) is 10.2 Å². The van der Waals surface area contributed by atoms with Crippen molar-refractivity contribution in [2.24, 2.45) is 11.8 Å². The summed E-state index contributed by atoms with van der Waals surface area (Å²) in [6.45, 7) is 3.15. The molecule has 1 unspecified atom stereocenters. The smallest absolute Gasteiger partial charge is 0.239 e. The summed E-state index contributed by atoms with van der Waals surface area (Å²) < 4.78 is 19.0. The second kappa shape index (κ2) is 5.95. The lowest BCUT2D eigenvalue weighted by Gasteiger charge is -2.56. The van der Waals surface area contributed by atoms with Crippen LogP contribution in [-0.4, -0.2) is 79.3 Å². The van der Waals surface area contributed by atoms with Crippen molar-refractivity contribution in [2.45, 2.75) is 43.5 Å². The highest BCUT2D eigenvalue weighted by atomic mass is 19.1. The molecule has 0 bridgehead atoms. The van der Waals surface area contributed by atoms with Crippen LogP contribution in [0, 0.1) is 11.8 Å². The molecule has 1 N–H and O–H groups in total. The maximum absolute atomic E-state index is 13.0. The summed E-state index contributed by atoms with van der Waals surface area (Å²) in [6.07, 6.45) is 2.41. The quantitative estimate of drug-likeness (QED) is 0.793. The van der Waals surface area contributed by atoms with Crippen molar-refractivity contribution in [3.8, 4) is 0 Å². The zero-order valence-corrected chi connectivity index (χ0v) is 14.2. The molecule has 0 aromatic carbocycles. The van der Waals surface area contributed by atoms with Gasteiger partial charge in [0.25, 0.3) is 0 Å². The predicted octanol–water partition coefficient (Wildman–Crippen LogP) is 0.172. The van der Waals surface area contributed by atoms with Crippen LogP contribution in [-0.2, 0) is 14.3 Å². The molecule has 4 aliphatic rings. The highest BCUT2D eigenvalue weighted by Gasteiger charge is 2.53. The molecular formula is C17H26FN3O3. The molecule has 24 heavy (non-hydrogen) atoms. The van der Waals surface area contributed by atoms with E-state index >= 15 is 0 Å². The molecular weight excluding hydrogens is 313 g/mol. The first-order valence-electron chi connectivity index (χ1n) is 9.02. The fraction of sp³-hybridized carbons (Fsp3) is 0.882. The van der Waals surface area contributed by atoms with Crippen LogP contribution in [0.1, 0.15) is 25.7 Å². The number of likely N-dealkylation sites (N-methyl/N-ethyl adjacent to an activating group) is 1. The molecule has 2 saturated heterocycles. The van der Waals surface area contributed by atoms with E-state index in [1.54, 1.807) is 11.9 Å². The van der Waals surface area contributed by atoms with Gasteiger partial charge in [0.15, 0.2) is 0 Å². The minimum Gasteiger partial charge on any atom is -0.368 e. The lowest BCUT2D eigenvalue weighted by Crippen LogP contribution is -2.74. The van der Waals surface area contributed by atoms with Crippen molar-refractivity contribution < 1.29 is 18.7 Å². The number of alkyl halides is 1. The number of nitrogens with one attached hydrogen (secondary N) is 1. The van der Waals surface area contributed by atoms with Crippen molar-refractivity contribution >= 4 is 11.8 Å². The molecule has 6 nitrogen and oxygen atoms in total. The van der Waals surface area contributed by atoms with Crippen LogP contribution >= 0.6 is 0 Å². The number of ether oxygens (including phenoxy) is 1. The molecule has 2 heterocycles. The molecule has 4 rings (SSSR count). The summed E-state index contributed by atoms with van der Waals surface area (Å²) in [4.78, 5) is 28.4. The minimum atomic E-state index is -0.803. The Labute approximate surface area is 141 Å². The molecule has 2 saturated carbocycles. The molecule has 2 amide bonds. The summed E-state index contributed by atoms with van der Waals surface area (Å²) in [5.41, 5.74) is -0.339. The Kier molecular flexibility index (Phi) is 4.03. The number of hydrogen-bond donors (Lipinski definition) is 1. The van der Waals surface area contributed by atoms with Gasteiger partial charge in [0.05, 0.1) is 19.7 Å². The Bertz CT molecular complexity index is 527. The van der Waals surface area contributed by atoms with E-state index in [0.717, 1.165) is 6.54 Å². The van der Waals surface area contributed by atoms with Crippen molar-refractivity contribution in [2.75, 3.05) is 39.8 Å². The van der Waals surface area contributed by atoms with Crippen molar-refractivity contribution in [3.63, 3.8) is 0 Å². The van der Waals surface area contributed by atoms with E-state index in [9.17, 15) is 14.0 Å². The summed E-state index contributed by atoms with van der Waals surface area (Å²) >= 11 is 0. The zero-order valence-electron chi connectivity index (χ0n) is 14.2. The van der Waals surface area contributed by atoms with E-state index < -0.39 is 6.17 Å². The first kappa shape index (κ1) is 16.3. The molecule has 1 atom stereocenters. The molecule has 134 valence electrons. The Balaban J connectivity index is 1.35. The second-order valence-electron chi connectivity index (χ2n) is 7.96. The van der Waals surface area contributed by atoms with E-state index in [0.29, 0.717) is 45.0 Å². The third-order valence-corrected chi connectivity index (χ3v) is 5.92. The lowest BCUT2D eigenvalue weighted by atomic mass is 9.80. The average Bonchev–Trinajstić information content (AvgIpc) is 3.32. The molecule has 4 fully saturated rings. The monoisotopic (exact) mass is 339 g/mol. The van der Waals surface area contributed by atoms with Gasteiger partial charge in [0.2, 0.25) is 11.8 Å². The van der Waals surface area contributed by atoms with Crippen LogP contribution in [0.4, 0.5) is 4.39 Å². The summed E-state index contributed by atoms with van der Waals surface area (Å²) in [7, 11) is 1.66. The number of nitrogens with zero attached hydrogens (tertiary/aromatic N) is 2. The Morgan fingerprint density at radius 3 is 2.54 bits per heavy atom. The SMILES string of the molecule is CNC(=O)C1COC2(CN(C(=O)C3CC(F)C3)C2)CN1CC1CC1. The number of carbonyl (C=O) groups excluding carboxylic acids is 2. The topological polar surface area (TPSA) is 61.9 Å². The highest BCUT2D eigenvalue weighted by Crippen LogP contribution is 2.38. The number of likely N-dealkylation sites (tertiary alicyclic amines) is 1. The highest BCUT2D eigenvalue weighted by molar-refractivity contribution is 5.82. The van der Waals surface area contributed by atoms with E-state index in [4.69, 9.17) is 4.74 Å². The molecule has 7 heteroatoms. The van der Waals surface area contributed by atoms with Gasteiger partial charge in [-0.05, 0) is 31.6 Å². The average molecular weight is 339 g/mol. The second-order valence-corrected chi connectivity index (χ2v) is 7.96. The third kappa shape index (κ3) is 2.92. The molecule has 0 aromatic heterocycles. The molecule has 2 aliphatic heterocycles. The summed E-state index contributed by atoms with van der Waals surface area (Å²) in [6, 6.07) is -0.232. The maximum Gasteiger partial charge on any atom is 0.239 e. The number of carbonyl (C=O) groups is 2. The summed E-state index contributed by atoms with van der Waals surface area (Å²) in [5, 5.41) is 2.72. The molecule has 0 radical (unpaired) electrons. The fourth-order valence-corrected chi connectivity index (χ4v) is 4.12. The van der Waals surface area contributed by atoms with Gasteiger partial charge in [-0.1, -0.05) is 0 Å². The van der Waals surface area contributed by atoms with Gasteiger partial charge in [0, 0.05) is 26.1 Å². The lowest BCUT2D eigenvalue weighted by molar-refractivity contribution is -0.207. The molecule has 1 spiro atoms. The van der Waals surface area contributed by atoms with Crippen LogP contribution < -0.4 is 5.32 Å². The maximum atomic E-state index is 13.0. The van der Waals surface area contributed by atoms with Crippen LogP contribution in [0.2, 0.25) is 0 Å². The fourth-order valence-electron chi connectivity index (χ4n) is 4.12. The molecule has 2 aliphatic carbocycles. The van der Waals surface area contributed by atoms with Gasteiger partial charge in [0.1, 0.15) is 17.8 Å². The van der Waals surface area contributed by atoms with Gasteiger partial charge in [-0.25, -0.2) is 4.39 Å². The molecule has 0 aromatic rings. The van der Waals surface area contributed by atoms with Gasteiger partial charge < -0.3 is 15.0 Å². The summed E-state index contributed by atoms with van der Waals surface area (Å²) in [5.74, 6) is 0.630. The minimum absolute atomic E-state index is 0.00112. The van der Waals surface area contributed by atoms with Gasteiger partial charge in [-0.3, -0.25) is 14.5 Å². The van der Waals surface area contributed by atoms with Crippen molar-refractivity contribution in [3.05, 3.63) is 0 Å². The van der Waals surface area contributed by atoms with E-state index in [-0.39, 0.29) is 29.4 Å². The zero-order chi connectivity index (χ0) is 16.9. The third-order valence-electron chi connectivity index (χ3n) is 5.92. The van der Waals surface area contributed by atoms with Crippen LogP contribution in [0.15, 0.2) is 0 Å². The van der Waals surface area contributed by atoms with Crippen LogP contribution in [0.25, 0.3) is 0 Å². The van der Waals surface area contributed by atoms with Gasteiger partial charge >= 0.3 is 0 Å². The van der Waals surface area contributed by atoms with Gasteiger partial charge in [-0.15, -0.1) is 0 Å². The number of amides is 2. The number of rotatable bonds is 4. The Hall–Kier alpha value is -1.21. The van der Waals surface area contributed by atoms with Crippen molar-refractivity contribution in [1.82, 2.24) is 15.1 Å². The Morgan fingerprint density at radius 1 is 1.25 bits per heavy atom. The number of halogens is 1. The standard InChI is InChI=1S/C17H26FN3O3/c1-19-15(22)14-7-24-17(8-20(14)6-11-2-3-11)9-21(10-17)16(23)12-4-13(18)5-12/h11-14H,2-10H2,1H3,(H,19,22).